The lowest BCUT2D eigenvalue weighted by atomic mass is 9.85. The first-order chi connectivity index (χ1) is 4.78. The minimum atomic E-state index is -0.173. The first-order valence-electron chi connectivity index (χ1n) is 4.50. The van der Waals surface area contributed by atoms with E-state index in [9.17, 15) is 5.11 Å². The number of aliphatic hydroxyl groups is 1. The molecule has 3 rings (SSSR count). The van der Waals surface area contributed by atoms with Crippen molar-refractivity contribution in [1.82, 2.24) is 0 Å². The van der Waals surface area contributed by atoms with Gasteiger partial charge in [-0.05, 0) is 49.9 Å². The van der Waals surface area contributed by atoms with Gasteiger partial charge in [-0.2, -0.15) is 0 Å². The van der Waals surface area contributed by atoms with Crippen molar-refractivity contribution in [3.05, 3.63) is 0 Å². The van der Waals surface area contributed by atoms with Crippen LogP contribution in [0.4, 0.5) is 0 Å². The van der Waals surface area contributed by atoms with E-state index in [-0.39, 0.29) is 5.60 Å². The van der Waals surface area contributed by atoms with E-state index in [0.717, 1.165) is 30.6 Å². The minimum Gasteiger partial charge on any atom is -0.390 e. The molecular weight excluding hydrogens is 124 g/mol. The number of hydrogen-bond donors (Lipinski definition) is 1. The van der Waals surface area contributed by atoms with Crippen LogP contribution in [-0.2, 0) is 0 Å². The fraction of sp³-hybridized carbons (Fsp3) is 1.00. The Labute approximate surface area is 61.4 Å². The highest BCUT2D eigenvalue weighted by atomic mass is 16.3. The van der Waals surface area contributed by atoms with Gasteiger partial charge < -0.3 is 5.11 Å². The molecule has 3 aliphatic carbocycles. The standard InChI is InChI=1S/C9H14O/c10-9-2-1-7-3-6(5-9)4-8(7)9/h6-8,10H,1-5H2/t6-,7-,8+,9-/m1/s1. The van der Waals surface area contributed by atoms with Crippen molar-refractivity contribution in [3.8, 4) is 0 Å². The summed E-state index contributed by atoms with van der Waals surface area (Å²) < 4.78 is 0. The van der Waals surface area contributed by atoms with Gasteiger partial charge in [0.25, 0.3) is 0 Å². The van der Waals surface area contributed by atoms with Crippen LogP contribution in [0.5, 0.6) is 0 Å². The van der Waals surface area contributed by atoms with Crippen LogP contribution in [0.3, 0.4) is 0 Å². The van der Waals surface area contributed by atoms with E-state index < -0.39 is 0 Å². The summed E-state index contributed by atoms with van der Waals surface area (Å²) in [4.78, 5) is 0. The van der Waals surface area contributed by atoms with Crippen molar-refractivity contribution in [2.45, 2.75) is 37.7 Å². The summed E-state index contributed by atoms with van der Waals surface area (Å²) in [5, 5.41) is 10.0. The summed E-state index contributed by atoms with van der Waals surface area (Å²) in [5.74, 6) is 2.55. The summed E-state index contributed by atoms with van der Waals surface area (Å²) in [5.41, 5.74) is -0.173. The van der Waals surface area contributed by atoms with Crippen molar-refractivity contribution in [3.63, 3.8) is 0 Å². The molecule has 3 saturated carbocycles. The Balaban J connectivity index is 2.05. The molecule has 0 aliphatic heterocycles. The molecule has 0 aromatic carbocycles. The summed E-state index contributed by atoms with van der Waals surface area (Å²) in [6.07, 6.45) is 6.35. The predicted octanol–water partition coefficient (Wildman–Crippen LogP) is 1.56. The molecule has 0 saturated heterocycles. The maximum atomic E-state index is 10.0. The fourth-order valence-electron chi connectivity index (χ4n) is 3.76. The third-order valence-corrected chi connectivity index (χ3v) is 4.07. The molecule has 0 amide bonds. The molecule has 4 atom stereocenters. The molecule has 1 heteroatoms. The lowest BCUT2D eigenvalue weighted by molar-refractivity contribution is 0.00248. The van der Waals surface area contributed by atoms with Gasteiger partial charge in [-0.15, -0.1) is 0 Å². The average molecular weight is 138 g/mol. The second-order valence-corrected chi connectivity index (χ2v) is 4.55. The van der Waals surface area contributed by atoms with Gasteiger partial charge in [0.2, 0.25) is 0 Å². The van der Waals surface area contributed by atoms with Crippen LogP contribution in [0.25, 0.3) is 0 Å². The van der Waals surface area contributed by atoms with Gasteiger partial charge in [0.15, 0.2) is 0 Å². The third kappa shape index (κ3) is 0.460. The summed E-state index contributed by atoms with van der Waals surface area (Å²) in [6, 6.07) is 0. The highest BCUT2D eigenvalue weighted by Crippen LogP contribution is 2.61. The Bertz CT molecular complexity index is 178. The maximum Gasteiger partial charge on any atom is 0.0681 e. The molecule has 3 fully saturated rings. The second kappa shape index (κ2) is 1.42. The summed E-state index contributed by atoms with van der Waals surface area (Å²) in [7, 11) is 0. The molecule has 3 aliphatic rings. The van der Waals surface area contributed by atoms with Crippen LogP contribution >= 0.6 is 0 Å². The Morgan fingerprint density at radius 3 is 2.80 bits per heavy atom. The van der Waals surface area contributed by atoms with E-state index in [0.29, 0.717) is 0 Å². The van der Waals surface area contributed by atoms with E-state index in [1.54, 1.807) is 0 Å². The van der Waals surface area contributed by atoms with Crippen molar-refractivity contribution >= 4 is 0 Å². The van der Waals surface area contributed by atoms with Crippen LogP contribution in [0.1, 0.15) is 32.1 Å². The predicted molar refractivity (Wildman–Crippen MR) is 38.5 cm³/mol. The van der Waals surface area contributed by atoms with Crippen LogP contribution in [-0.4, -0.2) is 10.7 Å². The second-order valence-electron chi connectivity index (χ2n) is 4.55. The van der Waals surface area contributed by atoms with Gasteiger partial charge in [0.05, 0.1) is 5.60 Å². The van der Waals surface area contributed by atoms with E-state index in [2.05, 4.69) is 0 Å². The van der Waals surface area contributed by atoms with Crippen molar-refractivity contribution in [1.29, 1.82) is 0 Å². The average Bonchev–Trinajstić information content (AvgIpc) is 2.39. The number of rotatable bonds is 0. The molecule has 0 unspecified atom stereocenters. The van der Waals surface area contributed by atoms with Crippen molar-refractivity contribution < 1.29 is 5.11 Å². The van der Waals surface area contributed by atoms with Gasteiger partial charge in [-0.3, -0.25) is 0 Å². The SMILES string of the molecule is O[C@@]12CC[C@@H]3C[C@H](C[C@@H]31)C2. The fourth-order valence-corrected chi connectivity index (χ4v) is 3.76. The zero-order valence-corrected chi connectivity index (χ0v) is 6.21. The van der Waals surface area contributed by atoms with E-state index in [1.807, 2.05) is 0 Å². The first kappa shape index (κ1) is 5.59. The van der Waals surface area contributed by atoms with Gasteiger partial charge >= 0.3 is 0 Å². The molecule has 0 aromatic heterocycles. The first-order valence-corrected chi connectivity index (χ1v) is 4.50. The van der Waals surface area contributed by atoms with Gasteiger partial charge in [-0.25, -0.2) is 0 Å². The minimum absolute atomic E-state index is 0.173. The molecule has 10 heavy (non-hydrogen) atoms. The molecule has 0 heterocycles. The largest absolute Gasteiger partial charge is 0.390 e. The maximum absolute atomic E-state index is 10.0. The smallest absolute Gasteiger partial charge is 0.0681 e. The molecule has 56 valence electrons. The highest BCUT2D eigenvalue weighted by Gasteiger charge is 2.58. The van der Waals surface area contributed by atoms with E-state index in [1.165, 1.54) is 19.3 Å². The van der Waals surface area contributed by atoms with Gasteiger partial charge in [-0.1, -0.05) is 0 Å². The van der Waals surface area contributed by atoms with Crippen LogP contribution in [0, 0.1) is 17.8 Å². The molecular formula is C9H14O. The molecule has 2 bridgehead atoms. The normalized spacial score (nSPS) is 63.9. The number of fused-ring (bicyclic) bond motifs is 1. The molecule has 0 aromatic rings. The van der Waals surface area contributed by atoms with E-state index in [4.69, 9.17) is 0 Å². The summed E-state index contributed by atoms with van der Waals surface area (Å²) >= 11 is 0. The lowest BCUT2D eigenvalue weighted by Gasteiger charge is -2.27. The van der Waals surface area contributed by atoms with Crippen LogP contribution < -0.4 is 0 Å². The zero-order valence-electron chi connectivity index (χ0n) is 6.21. The highest BCUT2D eigenvalue weighted by molar-refractivity contribution is 5.09. The van der Waals surface area contributed by atoms with Crippen molar-refractivity contribution in [2.75, 3.05) is 0 Å². The van der Waals surface area contributed by atoms with Crippen LogP contribution in [0.2, 0.25) is 0 Å². The molecule has 1 N–H and O–H groups in total. The lowest BCUT2D eigenvalue weighted by Crippen LogP contribution is -2.31. The van der Waals surface area contributed by atoms with Crippen molar-refractivity contribution in [2.24, 2.45) is 17.8 Å². The Hall–Kier alpha value is -0.0400. The topological polar surface area (TPSA) is 20.2 Å². The number of hydrogen-bond acceptors (Lipinski definition) is 1. The Morgan fingerprint density at radius 1 is 1.30 bits per heavy atom. The van der Waals surface area contributed by atoms with Gasteiger partial charge in [0.1, 0.15) is 0 Å². The Kier molecular flexibility index (Phi) is 0.797. The third-order valence-electron chi connectivity index (χ3n) is 4.07. The Morgan fingerprint density at radius 2 is 2.20 bits per heavy atom. The molecule has 0 spiro atoms. The monoisotopic (exact) mass is 138 g/mol. The molecule has 0 radical (unpaired) electrons. The van der Waals surface area contributed by atoms with Crippen LogP contribution in [0.15, 0.2) is 0 Å². The quantitative estimate of drug-likeness (QED) is 0.538. The zero-order chi connectivity index (χ0) is 6.77. The summed E-state index contributed by atoms with van der Waals surface area (Å²) in [6.45, 7) is 0. The van der Waals surface area contributed by atoms with Gasteiger partial charge in [0, 0.05) is 0 Å². The molecule has 1 nitrogen and oxygen atoms in total. The van der Waals surface area contributed by atoms with E-state index >= 15 is 0 Å².